The SMILES string of the molecule is O=C(NCCc1c(Cl)cccc1Cl)c1ccccn1. The molecule has 0 spiro atoms. The van der Waals surface area contributed by atoms with Crippen molar-refractivity contribution in [1.82, 2.24) is 10.3 Å². The first kappa shape index (κ1) is 13.8. The number of rotatable bonds is 4. The van der Waals surface area contributed by atoms with Crippen LogP contribution in [-0.4, -0.2) is 17.4 Å². The quantitative estimate of drug-likeness (QED) is 0.939. The molecular weight excluding hydrogens is 283 g/mol. The van der Waals surface area contributed by atoms with Crippen LogP contribution in [0.4, 0.5) is 0 Å². The predicted octanol–water partition coefficient (Wildman–Crippen LogP) is 3.36. The third kappa shape index (κ3) is 3.69. The van der Waals surface area contributed by atoms with Crippen LogP contribution in [0.15, 0.2) is 42.6 Å². The molecule has 0 fully saturated rings. The number of carbonyl (C=O) groups excluding carboxylic acids is 1. The Kier molecular flexibility index (Phi) is 4.77. The molecule has 0 bridgehead atoms. The van der Waals surface area contributed by atoms with E-state index in [-0.39, 0.29) is 5.91 Å². The number of hydrogen-bond acceptors (Lipinski definition) is 2. The summed E-state index contributed by atoms with van der Waals surface area (Å²) in [5, 5.41) is 4.00. The van der Waals surface area contributed by atoms with E-state index in [0.29, 0.717) is 28.7 Å². The molecule has 0 atom stereocenters. The summed E-state index contributed by atoms with van der Waals surface area (Å²) >= 11 is 12.1. The molecule has 1 amide bonds. The maximum atomic E-state index is 11.8. The average molecular weight is 295 g/mol. The fraction of sp³-hybridized carbons (Fsp3) is 0.143. The van der Waals surface area contributed by atoms with Gasteiger partial charge in [0.15, 0.2) is 0 Å². The van der Waals surface area contributed by atoms with Gasteiger partial charge in [-0.05, 0) is 36.2 Å². The zero-order valence-electron chi connectivity index (χ0n) is 10.1. The van der Waals surface area contributed by atoms with E-state index in [1.807, 2.05) is 0 Å². The van der Waals surface area contributed by atoms with Crippen LogP contribution in [-0.2, 0) is 6.42 Å². The fourth-order valence-corrected chi connectivity index (χ4v) is 2.25. The summed E-state index contributed by atoms with van der Waals surface area (Å²) in [6.07, 6.45) is 2.16. The summed E-state index contributed by atoms with van der Waals surface area (Å²) in [6, 6.07) is 10.6. The highest BCUT2D eigenvalue weighted by molar-refractivity contribution is 6.35. The van der Waals surface area contributed by atoms with Gasteiger partial charge in [-0.2, -0.15) is 0 Å². The molecule has 0 radical (unpaired) electrons. The van der Waals surface area contributed by atoms with E-state index in [2.05, 4.69) is 10.3 Å². The van der Waals surface area contributed by atoms with E-state index in [4.69, 9.17) is 23.2 Å². The van der Waals surface area contributed by atoms with Gasteiger partial charge < -0.3 is 5.32 Å². The number of benzene rings is 1. The van der Waals surface area contributed by atoms with Gasteiger partial charge in [0.1, 0.15) is 5.69 Å². The van der Waals surface area contributed by atoms with Gasteiger partial charge >= 0.3 is 0 Å². The molecule has 0 unspecified atom stereocenters. The molecule has 2 rings (SSSR count). The van der Waals surface area contributed by atoms with Crippen molar-refractivity contribution >= 4 is 29.1 Å². The number of halogens is 2. The highest BCUT2D eigenvalue weighted by Crippen LogP contribution is 2.24. The largest absolute Gasteiger partial charge is 0.350 e. The molecule has 1 heterocycles. The van der Waals surface area contributed by atoms with Crippen LogP contribution < -0.4 is 5.32 Å². The predicted molar refractivity (Wildman–Crippen MR) is 76.7 cm³/mol. The standard InChI is InChI=1S/C14H12Cl2N2O/c15-11-4-3-5-12(16)10(11)7-9-18-14(19)13-6-1-2-8-17-13/h1-6,8H,7,9H2,(H,18,19). The summed E-state index contributed by atoms with van der Waals surface area (Å²) < 4.78 is 0. The molecule has 98 valence electrons. The molecular formula is C14H12Cl2N2O. The lowest BCUT2D eigenvalue weighted by atomic mass is 10.1. The van der Waals surface area contributed by atoms with Crippen molar-refractivity contribution in [3.63, 3.8) is 0 Å². The molecule has 2 aromatic rings. The Hall–Kier alpha value is -1.58. The molecule has 1 N–H and O–H groups in total. The van der Waals surface area contributed by atoms with Gasteiger partial charge in [0, 0.05) is 22.8 Å². The minimum atomic E-state index is -0.205. The summed E-state index contributed by atoms with van der Waals surface area (Å²) in [4.78, 5) is 15.7. The summed E-state index contributed by atoms with van der Waals surface area (Å²) in [7, 11) is 0. The topological polar surface area (TPSA) is 42.0 Å². The molecule has 19 heavy (non-hydrogen) atoms. The average Bonchev–Trinajstić information content (AvgIpc) is 2.43. The minimum Gasteiger partial charge on any atom is -0.350 e. The first-order valence-corrected chi connectivity index (χ1v) is 6.56. The van der Waals surface area contributed by atoms with E-state index in [1.165, 1.54) is 0 Å². The molecule has 0 aliphatic heterocycles. The first-order chi connectivity index (χ1) is 9.18. The molecule has 0 saturated carbocycles. The van der Waals surface area contributed by atoms with Crippen LogP contribution in [0, 0.1) is 0 Å². The number of hydrogen-bond donors (Lipinski definition) is 1. The van der Waals surface area contributed by atoms with Gasteiger partial charge in [0.05, 0.1) is 0 Å². The second kappa shape index (κ2) is 6.55. The van der Waals surface area contributed by atoms with Crippen LogP contribution in [0.5, 0.6) is 0 Å². The number of aromatic nitrogens is 1. The van der Waals surface area contributed by atoms with E-state index in [1.54, 1.807) is 42.6 Å². The normalized spacial score (nSPS) is 10.2. The van der Waals surface area contributed by atoms with Gasteiger partial charge in [-0.1, -0.05) is 35.3 Å². The van der Waals surface area contributed by atoms with Crippen molar-refractivity contribution in [3.8, 4) is 0 Å². The lowest BCUT2D eigenvalue weighted by molar-refractivity contribution is 0.0949. The third-order valence-electron chi connectivity index (χ3n) is 2.62. The number of carbonyl (C=O) groups is 1. The van der Waals surface area contributed by atoms with Gasteiger partial charge in [0.25, 0.3) is 5.91 Å². The molecule has 1 aromatic heterocycles. The molecule has 3 nitrogen and oxygen atoms in total. The smallest absolute Gasteiger partial charge is 0.269 e. The summed E-state index contributed by atoms with van der Waals surface area (Å²) in [5.74, 6) is -0.205. The van der Waals surface area contributed by atoms with Crippen LogP contribution in [0.1, 0.15) is 16.1 Å². The number of nitrogens with zero attached hydrogens (tertiary/aromatic N) is 1. The van der Waals surface area contributed by atoms with Crippen LogP contribution in [0.2, 0.25) is 10.0 Å². The Balaban J connectivity index is 1.92. The second-order valence-corrected chi connectivity index (χ2v) is 4.74. The Bertz CT molecular complexity index is 553. The van der Waals surface area contributed by atoms with Crippen molar-refractivity contribution in [2.45, 2.75) is 6.42 Å². The molecule has 0 aliphatic carbocycles. The number of amides is 1. The van der Waals surface area contributed by atoms with Gasteiger partial charge in [-0.25, -0.2) is 0 Å². The van der Waals surface area contributed by atoms with Crippen molar-refractivity contribution in [3.05, 3.63) is 63.9 Å². The highest BCUT2D eigenvalue weighted by Gasteiger charge is 2.08. The highest BCUT2D eigenvalue weighted by atomic mass is 35.5. The summed E-state index contributed by atoms with van der Waals surface area (Å²) in [5.41, 5.74) is 1.24. The number of pyridine rings is 1. The van der Waals surface area contributed by atoms with Gasteiger partial charge in [-0.15, -0.1) is 0 Å². The van der Waals surface area contributed by atoms with Crippen molar-refractivity contribution in [2.75, 3.05) is 6.54 Å². The molecule has 5 heteroatoms. The van der Waals surface area contributed by atoms with Crippen molar-refractivity contribution in [1.29, 1.82) is 0 Å². The van der Waals surface area contributed by atoms with E-state index in [9.17, 15) is 4.79 Å². The van der Waals surface area contributed by atoms with E-state index >= 15 is 0 Å². The van der Waals surface area contributed by atoms with Gasteiger partial charge in [0.2, 0.25) is 0 Å². The minimum absolute atomic E-state index is 0.205. The Labute approximate surface area is 121 Å². The number of nitrogens with one attached hydrogen (secondary N) is 1. The second-order valence-electron chi connectivity index (χ2n) is 3.92. The molecule has 1 aromatic carbocycles. The third-order valence-corrected chi connectivity index (χ3v) is 3.33. The van der Waals surface area contributed by atoms with Crippen molar-refractivity contribution in [2.24, 2.45) is 0 Å². The zero-order chi connectivity index (χ0) is 13.7. The monoisotopic (exact) mass is 294 g/mol. The fourth-order valence-electron chi connectivity index (χ4n) is 1.66. The Morgan fingerprint density at radius 3 is 2.47 bits per heavy atom. The molecule has 0 aliphatic rings. The Morgan fingerprint density at radius 1 is 1.11 bits per heavy atom. The zero-order valence-corrected chi connectivity index (χ0v) is 11.6. The lowest BCUT2D eigenvalue weighted by Gasteiger charge is -2.08. The van der Waals surface area contributed by atoms with Gasteiger partial charge in [-0.3, -0.25) is 9.78 Å². The maximum Gasteiger partial charge on any atom is 0.269 e. The Morgan fingerprint density at radius 2 is 1.84 bits per heavy atom. The van der Waals surface area contributed by atoms with E-state index < -0.39 is 0 Å². The first-order valence-electron chi connectivity index (χ1n) is 5.80. The maximum absolute atomic E-state index is 11.8. The van der Waals surface area contributed by atoms with Crippen LogP contribution in [0.3, 0.4) is 0 Å². The van der Waals surface area contributed by atoms with Crippen LogP contribution in [0.25, 0.3) is 0 Å². The summed E-state index contributed by atoms with van der Waals surface area (Å²) in [6.45, 7) is 0.457. The van der Waals surface area contributed by atoms with Crippen LogP contribution >= 0.6 is 23.2 Å². The van der Waals surface area contributed by atoms with E-state index in [0.717, 1.165) is 5.56 Å². The van der Waals surface area contributed by atoms with Crippen molar-refractivity contribution < 1.29 is 4.79 Å². The molecule has 0 saturated heterocycles. The lowest BCUT2D eigenvalue weighted by Crippen LogP contribution is -2.26.